The van der Waals surface area contributed by atoms with Crippen molar-refractivity contribution in [3.05, 3.63) is 63.9 Å². The van der Waals surface area contributed by atoms with Gasteiger partial charge in [0.05, 0.1) is 16.1 Å². The van der Waals surface area contributed by atoms with Gasteiger partial charge in [-0.05, 0) is 43.7 Å². The predicted molar refractivity (Wildman–Crippen MR) is 104 cm³/mol. The summed E-state index contributed by atoms with van der Waals surface area (Å²) < 4.78 is 0. The molecule has 0 saturated heterocycles. The molecule has 1 aromatic heterocycles. The minimum Gasteiger partial charge on any atom is -0.331 e. The van der Waals surface area contributed by atoms with E-state index >= 15 is 0 Å². The summed E-state index contributed by atoms with van der Waals surface area (Å²) in [6.45, 7) is 3.70. The lowest BCUT2D eigenvalue weighted by molar-refractivity contribution is 0.249. The molecule has 1 unspecified atom stereocenters. The summed E-state index contributed by atoms with van der Waals surface area (Å²) in [6, 6.07) is 12.0. The number of nitrogens with zero attached hydrogens (tertiary/aromatic N) is 2. The third-order valence-corrected chi connectivity index (χ3v) is 4.51. The highest BCUT2D eigenvalue weighted by Gasteiger charge is 2.12. The Morgan fingerprint density at radius 3 is 2.65 bits per heavy atom. The molecule has 0 fully saturated rings. The summed E-state index contributed by atoms with van der Waals surface area (Å²) in [5, 5.41) is 13.5. The van der Waals surface area contributed by atoms with Crippen LogP contribution in [0.4, 0.5) is 10.5 Å². The number of aromatic nitrogens is 3. The number of amides is 2. The Morgan fingerprint density at radius 2 is 1.96 bits per heavy atom. The number of carbonyl (C=O) groups excluding carboxylic acids is 1. The average Bonchev–Trinajstić information content (AvgIpc) is 3.04. The lowest BCUT2D eigenvalue weighted by Crippen LogP contribution is -2.31. The van der Waals surface area contributed by atoms with Crippen molar-refractivity contribution in [1.82, 2.24) is 20.5 Å². The van der Waals surface area contributed by atoms with Gasteiger partial charge in [0, 0.05) is 11.3 Å². The summed E-state index contributed by atoms with van der Waals surface area (Å²) >= 11 is 11.9. The van der Waals surface area contributed by atoms with Crippen LogP contribution in [-0.4, -0.2) is 21.2 Å². The molecule has 0 bridgehead atoms. The maximum atomic E-state index is 12.3. The molecule has 2 amide bonds. The zero-order valence-corrected chi connectivity index (χ0v) is 15.7. The molecule has 3 rings (SSSR count). The van der Waals surface area contributed by atoms with E-state index in [4.69, 9.17) is 23.2 Å². The first-order valence-electron chi connectivity index (χ1n) is 7.94. The Labute approximate surface area is 160 Å². The monoisotopic (exact) mass is 389 g/mol. The maximum absolute atomic E-state index is 12.3. The highest BCUT2D eigenvalue weighted by molar-refractivity contribution is 6.42. The zero-order valence-electron chi connectivity index (χ0n) is 14.2. The number of anilines is 1. The van der Waals surface area contributed by atoms with Crippen molar-refractivity contribution in [2.75, 3.05) is 5.32 Å². The van der Waals surface area contributed by atoms with Gasteiger partial charge in [0.2, 0.25) is 0 Å². The first-order chi connectivity index (χ1) is 12.4. The molecule has 0 aliphatic rings. The Bertz CT molecular complexity index is 941. The largest absolute Gasteiger partial charge is 0.331 e. The quantitative estimate of drug-likeness (QED) is 0.588. The van der Waals surface area contributed by atoms with Crippen molar-refractivity contribution in [1.29, 1.82) is 0 Å². The van der Waals surface area contributed by atoms with Crippen LogP contribution < -0.4 is 10.6 Å². The van der Waals surface area contributed by atoms with Crippen molar-refractivity contribution in [3.63, 3.8) is 0 Å². The van der Waals surface area contributed by atoms with Gasteiger partial charge >= 0.3 is 6.03 Å². The second-order valence-electron chi connectivity index (χ2n) is 5.82. The molecule has 0 radical (unpaired) electrons. The molecule has 0 spiro atoms. The number of urea groups is 1. The minimum atomic E-state index is -0.327. The average molecular weight is 390 g/mol. The van der Waals surface area contributed by atoms with Gasteiger partial charge in [-0.25, -0.2) is 9.78 Å². The standard InChI is InChI=1S/C18H17Cl2N5O/c1-10(12-6-7-15(19)16(20)9-12)21-18(26)23-14-5-3-4-13(8-14)17-22-11(2)24-25-17/h3-10H,1-2H3,(H2,21,23,26)(H,22,24,25). The number of carbonyl (C=O) groups is 1. The van der Waals surface area contributed by atoms with E-state index in [2.05, 4.69) is 25.8 Å². The number of hydrogen-bond donors (Lipinski definition) is 3. The highest BCUT2D eigenvalue weighted by Crippen LogP contribution is 2.25. The van der Waals surface area contributed by atoms with Gasteiger partial charge in [0.1, 0.15) is 5.82 Å². The van der Waals surface area contributed by atoms with E-state index < -0.39 is 0 Å². The summed E-state index contributed by atoms with van der Waals surface area (Å²) in [5.74, 6) is 1.31. The Balaban J connectivity index is 1.67. The van der Waals surface area contributed by atoms with Gasteiger partial charge in [-0.2, -0.15) is 5.10 Å². The number of rotatable bonds is 4. The van der Waals surface area contributed by atoms with Crippen LogP contribution in [0.3, 0.4) is 0 Å². The van der Waals surface area contributed by atoms with Crippen molar-refractivity contribution in [3.8, 4) is 11.4 Å². The van der Waals surface area contributed by atoms with Crippen LogP contribution in [0.5, 0.6) is 0 Å². The normalized spacial score (nSPS) is 11.8. The fourth-order valence-corrected chi connectivity index (χ4v) is 2.74. The second-order valence-corrected chi connectivity index (χ2v) is 6.63. The lowest BCUT2D eigenvalue weighted by Gasteiger charge is -2.16. The van der Waals surface area contributed by atoms with Gasteiger partial charge in [-0.3, -0.25) is 5.10 Å². The van der Waals surface area contributed by atoms with E-state index in [1.807, 2.05) is 38.1 Å². The van der Waals surface area contributed by atoms with Gasteiger partial charge in [-0.1, -0.05) is 41.4 Å². The molecule has 134 valence electrons. The van der Waals surface area contributed by atoms with Gasteiger partial charge in [0.25, 0.3) is 0 Å². The molecule has 0 aliphatic carbocycles. The number of nitrogens with one attached hydrogen (secondary N) is 3. The first-order valence-corrected chi connectivity index (χ1v) is 8.70. The van der Waals surface area contributed by atoms with Crippen LogP contribution in [0.2, 0.25) is 10.0 Å². The number of halogens is 2. The first kappa shape index (κ1) is 18.2. The third kappa shape index (κ3) is 4.33. The molecule has 8 heteroatoms. The molecule has 2 aromatic carbocycles. The Morgan fingerprint density at radius 1 is 1.15 bits per heavy atom. The van der Waals surface area contributed by atoms with Crippen LogP contribution in [0.25, 0.3) is 11.4 Å². The number of H-pyrrole nitrogens is 1. The van der Waals surface area contributed by atoms with Gasteiger partial charge in [0.15, 0.2) is 5.82 Å². The van der Waals surface area contributed by atoms with Crippen molar-refractivity contribution < 1.29 is 4.79 Å². The summed E-state index contributed by atoms with van der Waals surface area (Å²) in [7, 11) is 0. The topological polar surface area (TPSA) is 82.7 Å². The smallest absolute Gasteiger partial charge is 0.319 e. The summed E-state index contributed by atoms with van der Waals surface area (Å²) in [5.41, 5.74) is 2.31. The van der Waals surface area contributed by atoms with Crippen molar-refractivity contribution in [2.45, 2.75) is 19.9 Å². The molecule has 0 saturated carbocycles. The maximum Gasteiger partial charge on any atom is 0.319 e. The molecule has 3 aromatic rings. The van der Waals surface area contributed by atoms with E-state index in [0.29, 0.717) is 21.6 Å². The van der Waals surface area contributed by atoms with Crippen molar-refractivity contribution >= 4 is 34.9 Å². The molecular weight excluding hydrogens is 373 g/mol. The van der Waals surface area contributed by atoms with E-state index in [1.54, 1.807) is 18.2 Å². The molecule has 26 heavy (non-hydrogen) atoms. The minimum absolute atomic E-state index is 0.233. The Kier molecular flexibility index (Phi) is 5.44. The van der Waals surface area contributed by atoms with Gasteiger partial charge in [-0.15, -0.1) is 0 Å². The van der Waals surface area contributed by atoms with E-state index in [-0.39, 0.29) is 12.1 Å². The number of aromatic amines is 1. The molecule has 1 heterocycles. The van der Waals surface area contributed by atoms with E-state index in [9.17, 15) is 4.79 Å². The molecule has 6 nitrogen and oxygen atoms in total. The Hall–Kier alpha value is -2.57. The van der Waals surface area contributed by atoms with E-state index in [1.165, 1.54) is 0 Å². The second kappa shape index (κ2) is 7.76. The van der Waals surface area contributed by atoms with Crippen LogP contribution in [-0.2, 0) is 0 Å². The molecule has 0 aliphatic heterocycles. The van der Waals surface area contributed by atoms with Gasteiger partial charge < -0.3 is 10.6 Å². The number of aryl methyl sites for hydroxylation is 1. The van der Waals surface area contributed by atoms with Crippen LogP contribution in [0, 0.1) is 6.92 Å². The highest BCUT2D eigenvalue weighted by atomic mass is 35.5. The molecular formula is C18H17Cl2N5O. The number of benzene rings is 2. The summed E-state index contributed by atoms with van der Waals surface area (Å²) in [4.78, 5) is 16.6. The zero-order chi connectivity index (χ0) is 18.7. The third-order valence-electron chi connectivity index (χ3n) is 3.77. The summed E-state index contributed by atoms with van der Waals surface area (Å²) in [6.07, 6.45) is 0. The lowest BCUT2D eigenvalue weighted by atomic mass is 10.1. The van der Waals surface area contributed by atoms with Crippen LogP contribution in [0.1, 0.15) is 24.4 Å². The molecule has 3 N–H and O–H groups in total. The fraction of sp³-hybridized carbons (Fsp3) is 0.167. The fourth-order valence-electron chi connectivity index (χ4n) is 2.44. The predicted octanol–water partition coefficient (Wildman–Crippen LogP) is 4.97. The van der Waals surface area contributed by atoms with Crippen LogP contribution >= 0.6 is 23.2 Å². The van der Waals surface area contributed by atoms with Crippen molar-refractivity contribution in [2.24, 2.45) is 0 Å². The number of hydrogen-bond acceptors (Lipinski definition) is 3. The van der Waals surface area contributed by atoms with E-state index in [0.717, 1.165) is 17.0 Å². The SMILES string of the molecule is Cc1nc(-c2cccc(NC(=O)NC(C)c3ccc(Cl)c(Cl)c3)c2)n[nH]1. The van der Waals surface area contributed by atoms with Crippen LogP contribution in [0.15, 0.2) is 42.5 Å². The molecule has 1 atom stereocenters.